The summed E-state index contributed by atoms with van der Waals surface area (Å²) in [6.07, 6.45) is 0. The average Bonchev–Trinajstić information content (AvgIpc) is 3.89. The van der Waals surface area contributed by atoms with Crippen molar-refractivity contribution in [3.63, 3.8) is 0 Å². The molecule has 0 N–H and O–H groups in total. The molecule has 10 aromatic rings. The van der Waals surface area contributed by atoms with Crippen LogP contribution >= 0.6 is 0 Å². The third-order valence-corrected chi connectivity index (χ3v) is 12.2. The largest absolute Gasteiger partial charge is 0.309 e. The van der Waals surface area contributed by atoms with Crippen LogP contribution in [-0.2, 0) is 5.41 Å². The highest BCUT2D eigenvalue weighted by Crippen LogP contribution is 2.63. The molecular weight excluding hydrogens is 641 g/mol. The lowest BCUT2D eigenvalue weighted by molar-refractivity contribution is 0.789. The monoisotopic (exact) mass is 674 g/mol. The van der Waals surface area contributed by atoms with Crippen molar-refractivity contribution in [2.75, 3.05) is 0 Å². The van der Waals surface area contributed by atoms with Gasteiger partial charge in [-0.05, 0) is 107 Å². The SMILES string of the molecule is Cc1ccc2c(c1)C1(c3cc(C)ccc3-2)c2cc(-n3c4ccccc4c4ccccc43)ccc2-c2ccc(-n3c4ccccc4c4ccccc43)cc21. The van der Waals surface area contributed by atoms with E-state index in [1.807, 2.05) is 0 Å². The van der Waals surface area contributed by atoms with Gasteiger partial charge in [-0.25, -0.2) is 0 Å². The molecule has 0 unspecified atom stereocenters. The number of hydrogen-bond acceptors (Lipinski definition) is 0. The van der Waals surface area contributed by atoms with Crippen molar-refractivity contribution in [1.82, 2.24) is 9.13 Å². The average molecular weight is 675 g/mol. The van der Waals surface area contributed by atoms with Crippen molar-refractivity contribution in [2.45, 2.75) is 19.3 Å². The first kappa shape index (κ1) is 29.0. The van der Waals surface area contributed by atoms with Crippen LogP contribution in [0.25, 0.3) is 77.2 Å². The normalized spacial score (nSPS) is 13.6. The van der Waals surface area contributed by atoms with Crippen LogP contribution in [0.15, 0.2) is 170 Å². The first-order valence-electron chi connectivity index (χ1n) is 18.6. The zero-order valence-electron chi connectivity index (χ0n) is 29.6. The zero-order chi connectivity index (χ0) is 35.0. The summed E-state index contributed by atoms with van der Waals surface area (Å²) in [4.78, 5) is 0. The molecule has 2 heteroatoms. The van der Waals surface area contributed by atoms with Gasteiger partial charge in [0.25, 0.3) is 0 Å². The van der Waals surface area contributed by atoms with Gasteiger partial charge in [0, 0.05) is 32.9 Å². The molecule has 0 saturated carbocycles. The van der Waals surface area contributed by atoms with Crippen LogP contribution in [0, 0.1) is 13.8 Å². The van der Waals surface area contributed by atoms with E-state index in [-0.39, 0.29) is 0 Å². The lowest BCUT2D eigenvalue weighted by Gasteiger charge is -2.31. The fraction of sp³-hybridized carbons (Fsp3) is 0.0588. The second kappa shape index (κ2) is 10.2. The Morgan fingerprint density at radius 1 is 0.321 bits per heavy atom. The van der Waals surface area contributed by atoms with Gasteiger partial charge in [0.05, 0.1) is 27.5 Å². The summed E-state index contributed by atoms with van der Waals surface area (Å²) in [7, 11) is 0. The molecule has 0 saturated heterocycles. The lowest BCUT2D eigenvalue weighted by atomic mass is 9.70. The predicted molar refractivity (Wildman–Crippen MR) is 221 cm³/mol. The Balaban J connectivity index is 1.21. The maximum absolute atomic E-state index is 2.51. The van der Waals surface area contributed by atoms with Gasteiger partial charge in [0.1, 0.15) is 0 Å². The fourth-order valence-corrected chi connectivity index (χ4v) is 10.1. The van der Waals surface area contributed by atoms with Crippen molar-refractivity contribution < 1.29 is 0 Å². The number of benzene rings is 8. The molecule has 0 bridgehead atoms. The molecule has 12 rings (SSSR count). The Kier molecular flexibility index (Phi) is 5.60. The maximum Gasteiger partial charge on any atom is 0.0727 e. The van der Waals surface area contributed by atoms with Gasteiger partial charge >= 0.3 is 0 Å². The summed E-state index contributed by atoms with van der Waals surface area (Å²) in [6, 6.07) is 64.0. The van der Waals surface area contributed by atoms with Gasteiger partial charge in [-0.15, -0.1) is 0 Å². The number of hydrogen-bond donors (Lipinski definition) is 0. The van der Waals surface area contributed by atoms with E-state index in [9.17, 15) is 0 Å². The minimum absolute atomic E-state index is 0.489. The number of nitrogens with zero attached hydrogens (tertiary/aromatic N) is 2. The molecule has 2 heterocycles. The Morgan fingerprint density at radius 2 is 0.623 bits per heavy atom. The van der Waals surface area contributed by atoms with Crippen molar-refractivity contribution in [3.05, 3.63) is 203 Å². The van der Waals surface area contributed by atoms with Crippen molar-refractivity contribution >= 4 is 43.6 Å². The van der Waals surface area contributed by atoms with Gasteiger partial charge in [-0.1, -0.05) is 132 Å². The summed E-state index contributed by atoms with van der Waals surface area (Å²) < 4.78 is 4.93. The van der Waals surface area contributed by atoms with E-state index in [1.165, 1.54) is 111 Å². The van der Waals surface area contributed by atoms with Crippen molar-refractivity contribution in [2.24, 2.45) is 0 Å². The third kappa shape index (κ3) is 3.63. The molecule has 2 aliphatic rings. The molecule has 0 fully saturated rings. The second-order valence-corrected chi connectivity index (χ2v) is 15.0. The molecule has 2 aliphatic carbocycles. The summed E-state index contributed by atoms with van der Waals surface area (Å²) in [5, 5.41) is 5.11. The van der Waals surface area contributed by atoms with Crippen LogP contribution in [0.1, 0.15) is 33.4 Å². The zero-order valence-corrected chi connectivity index (χ0v) is 29.6. The highest BCUT2D eigenvalue weighted by atomic mass is 15.0. The number of aromatic nitrogens is 2. The van der Waals surface area contributed by atoms with Crippen LogP contribution in [0.4, 0.5) is 0 Å². The minimum Gasteiger partial charge on any atom is -0.309 e. The Hall–Kier alpha value is -6.64. The first-order valence-corrected chi connectivity index (χ1v) is 18.6. The van der Waals surface area contributed by atoms with E-state index in [4.69, 9.17) is 0 Å². The standard InChI is InChI=1S/C51H34N2/c1-31-19-23-35-36-24-20-32(2)28-44(36)51(43(35)27-31)45-29-33(52-47-15-7-3-11-39(47)40-12-4-8-16-48(40)52)21-25-37(45)38-26-22-34(30-46(38)51)53-49-17-9-5-13-41(49)42-14-6-10-18-50(42)53/h3-30H,1-2H3. The molecule has 1 spiro atoms. The Morgan fingerprint density at radius 3 is 0.981 bits per heavy atom. The lowest BCUT2D eigenvalue weighted by Crippen LogP contribution is -2.26. The summed E-state index contributed by atoms with van der Waals surface area (Å²) in [6.45, 7) is 4.48. The van der Waals surface area contributed by atoms with Gasteiger partial charge in [-0.3, -0.25) is 0 Å². The van der Waals surface area contributed by atoms with Crippen LogP contribution in [0.3, 0.4) is 0 Å². The van der Waals surface area contributed by atoms with Crippen LogP contribution < -0.4 is 0 Å². The number of aryl methyl sites for hydroxylation is 2. The van der Waals surface area contributed by atoms with E-state index < -0.39 is 5.41 Å². The molecule has 53 heavy (non-hydrogen) atoms. The summed E-state index contributed by atoms with van der Waals surface area (Å²) in [5.74, 6) is 0. The predicted octanol–water partition coefficient (Wildman–Crippen LogP) is 12.8. The Bertz CT molecular complexity index is 2880. The highest BCUT2D eigenvalue weighted by molar-refractivity contribution is 6.10. The van der Waals surface area contributed by atoms with Crippen LogP contribution in [-0.4, -0.2) is 9.13 Å². The number of para-hydroxylation sites is 4. The maximum atomic E-state index is 2.51. The van der Waals surface area contributed by atoms with E-state index in [0.717, 1.165) is 0 Å². The quantitative estimate of drug-likeness (QED) is 0.173. The van der Waals surface area contributed by atoms with Gasteiger partial charge < -0.3 is 9.13 Å². The number of rotatable bonds is 2. The molecular formula is C51H34N2. The molecule has 2 nitrogen and oxygen atoms in total. The minimum atomic E-state index is -0.489. The van der Waals surface area contributed by atoms with Crippen LogP contribution in [0.2, 0.25) is 0 Å². The number of fused-ring (bicyclic) bond motifs is 16. The molecule has 0 radical (unpaired) electrons. The van der Waals surface area contributed by atoms with E-state index >= 15 is 0 Å². The fourth-order valence-electron chi connectivity index (χ4n) is 10.1. The smallest absolute Gasteiger partial charge is 0.0727 e. The van der Waals surface area contributed by atoms with E-state index in [1.54, 1.807) is 0 Å². The second-order valence-electron chi connectivity index (χ2n) is 15.0. The summed E-state index contributed by atoms with van der Waals surface area (Å²) in [5.41, 5.74) is 20.1. The molecule has 0 atom stereocenters. The third-order valence-electron chi connectivity index (χ3n) is 12.2. The van der Waals surface area contributed by atoms with Crippen LogP contribution in [0.5, 0.6) is 0 Å². The topological polar surface area (TPSA) is 9.86 Å². The molecule has 8 aromatic carbocycles. The van der Waals surface area contributed by atoms with E-state index in [2.05, 4.69) is 193 Å². The van der Waals surface area contributed by atoms with Crippen molar-refractivity contribution in [1.29, 1.82) is 0 Å². The van der Waals surface area contributed by atoms with Gasteiger partial charge in [-0.2, -0.15) is 0 Å². The Labute approximate surface area is 307 Å². The molecule has 2 aromatic heterocycles. The molecule has 248 valence electrons. The van der Waals surface area contributed by atoms with Crippen molar-refractivity contribution in [3.8, 4) is 33.6 Å². The van der Waals surface area contributed by atoms with E-state index in [0.29, 0.717) is 0 Å². The van der Waals surface area contributed by atoms with Gasteiger partial charge in [0.15, 0.2) is 0 Å². The van der Waals surface area contributed by atoms with Gasteiger partial charge in [0.2, 0.25) is 0 Å². The molecule has 0 amide bonds. The highest BCUT2D eigenvalue weighted by Gasteiger charge is 2.52. The summed E-state index contributed by atoms with van der Waals surface area (Å²) >= 11 is 0. The first-order chi connectivity index (χ1) is 26.1. The molecule has 0 aliphatic heterocycles.